The Balaban J connectivity index is 0.000000396. The van der Waals surface area contributed by atoms with Crippen LogP contribution in [0.15, 0.2) is 0 Å². The van der Waals surface area contributed by atoms with Gasteiger partial charge in [0.1, 0.15) is 6.10 Å². The molecule has 2 aliphatic rings. The van der Waals surface area contributed by atoms with Crippen LogP contribution in [0.3, 0.4) is 0 Å². The van der Waals surface area contributed by atoms with E-state index in [0.29, 0.717) is 0 Å². The molecule has 1 N–H and O–H groups in total. The Morgan fingerprint density at radius 3 is 2.92 bits per heavy atom. The lowest BCUT2D eigenvalue weighted by Crippen LogP contribution is -2.46. The molecule has 0 aliphatic carbocycles. The first kappa shape index (κ1) is 10.3. The summed E-state index contributed by atoms with van der Waals surface area (Å²) in [5.74, 6) is 0. The van der Waals surface area contributed by atoms with Crippen molar-refractivity contribution in [1.82, 2.24) is 10.2 Å². The molecule has 2 rings (SSSR count). The van der Waals surface area contributed by atoms with Crippen molar-refractivity contribution in [3.8, 4) is 0 Å². The molecule has 4 nitrogen and oxygen atoms in total. The Morgan fingerprint density at radius 1 is 1.54 bits per heavy atom. The fourth-order valence-corrected chi connectivity index (χ4v) is 1.68. The Morgan fingerprint density at radius 2 is 2.23 bits per heavy atom. The minimum absolute atomic E-state index is 0.0845. The molecule has 0 aromatic carbocycles. The number of rotatable bonds is 0. The Labute approximate surface area is 79.2 Å². The van der Waals surface area contributed by atoms with E-state index in [1.54, 1.807) is 0 Å². The van der Waals surface area contributed by atoms with Crippen LogP contribution in [0.5, 0.6) is 0 Å². The van der Waals surface area contributed by atoms with E-state index in [2.05, 4.69) is 10.2 Å². The molecule has 2 heterocycles. The maximum absolute atomic E-state index is 10.8. The normalized spacial score (nSPS) is 32.4. The highest BCUT2D eigenvalue weighted by molar-refractivity contribution is 5.70. The number of hydrogen-bond donors (Lipinski definition) is 1. The molecule has 0 bridgehead atoms. The number of nitrogens with zero attached hydrogens (tertiary/aromatic N) is 1. The summed E-state index contributed by atoms with van der Waals surface area (Å²) in [6.07, 6.45) is 0.837. The van der Waals surface area contributed by atoms with Gasteiger partial charge in [0, 0.05) is 13.1 Å². The van der Waals surface area contributed by atoms with Crippen LogP contribution >= 0.6 is 0 Å². The molecular weight excluding hydrogens is 168 g/mol. The first-order valence-electron chi connectivity index (χ1n) is 4.91. The van der Waals surface area contributed by atoms with Crippen molar-refractivity contribution in [2.24, 2.45) is 0 Å². The molecule has 2 saturated heterocycles. The number of likely N-dealkylation sites (N-methyl/N-ethyl adjacent to an activating group) is 1. The van der Waals surface area contributed by atoms with Gasteiger partial charge in [0.05, 0.1) is 6.04 Å². The van der Waals surface area contributed by atoms with Crippen LogP contribution in [0.4, 0.5) is 4.79 Å². The molecule has 0 aromatic rings. The van der Waals surface area contributed by atoms with Crippen molar-refractivity contribution in [3.63, 3.8) is 0 Å². The average Bonchev–Trinajstić information content (AvgIpc) is 2.48. The van der Waals surface area contributed by atoms with Gasteiger partial charge in [-0.2, -0.15) is 0 Å². The van der Waals surface area contributed by atoms with Crippen LogP contribution in [0.2, 0.25) is 0 Å². The Bertz CT molecular complexity index is 184. The standard InChI is InChI=1S/C7H12N2O2.C2H6/c1-9-3-2-5-6(4-9)11-7(10)8-5;1-2/h5-6H,2-4H2,1H3,(H,8,10);1-2H3. The molecule has 0 saturated carbocycles. The van der Waals surface area contributed by atoms with Crippen LogP contribution in [0.1, 0.15) is 20.3 Å². The van der Waals surface area contributed by atoms with Gasteiger partial charge in [0.25, 0.3) is 0 Å². The van der Waals surface area contributed by atoms with Gasteiger partial charge in [0.15, 0.2) is 0 Å². The van der Waals surface area contributed by atoms with E-state index in [9.17, 15) is 4.79 Å². The fraction of sp³-hybridized carbons (Fsp3) is 0.889. The number of amides is 1. The molecule has 13 heavy (non-hydrogen) atoms. The average molecular weight is 186 g/mol. The molecule has 2 unspecified atom stereocenters. The second-order valence-corrected chi connectivity index (χ2v) is 3.25. The summed E-state index contributed by atoms with van der Waals surface area (Å²) < 4.78 is 5.04. The van der Waals surface area contributed by atoms with Crippen molar-refractivity contribution in [2.75, 3.05) is 20.1 Å². The SMILES string of the molecule is CC.CN1CCC2NC(=O)OC2C1. The summed E-state index contributed by atoms with van der Waals surface area (Å²) in [6.45, 7) is 5.91. The summed E-state index contributed by atoms with van der Waals surface area (Å²) in [6, 6.07) is 0.263. The van der Waals surface area contributed by atoms with E-state index in [-0.39, 0.29) is 18.2 Å². The highest BCUT2D eigenvalue weighted by atomic mass is 16.6. The first-order valence-corrected chi connectivity index (χ1v) is 4.91. The van der Waals surface area contributed by atoms with E-state index in [1.165, 1.54) is 0 Å². The lowest BCUT2D eigenvalue weighted by atomic mass is 10.0. The maximum atomic E-state index is 10.8. The van der Waals surface area contributed by atoms with Crippen LogP contribution < -0.4 is 5.32 Å². The van der Waals surface area contributed by atoms with Gasteiger partial charge >= 0.3 is 6.09 Å². The maximum Gasteiger partial charge on any atom is 0.407 e. The second-order valence-electron chi connectivity index (χ2n) is 3.25. The Hall–Kier alpha value is -0.770. The highest BCUT2D eigenvalue weighted by Gasteiger charge is 2.37. The zero-order valence-electron chi connectivity index (χ0n) is 8.54. The number of alkyl carbamates (subject to hydrolysis) is 1. The van der Waals surface area contributed by atoms with Gasteiger partial charge in [-0.3, -0.25) is 0 Å². The van der Waals surface area contributed by atoms with Crippen molar-refractivity contribution in [1.29, 1.82) is 0 Å². The minimum Gasteiger partial charge on any atom is -0.443 e. The van der Waals surface area contributed by atoms with Gasteiger partial charge in [0.2, 0.25) is 0 Å². The third-order valence-corrected chi connectivity index (χ3v) is 2.32. The molecule has 2 aliphatic heterocycles. The van der Waals surface area contributed by atoms with E-state index < -0.39 is 0 Å². The molecule has 2 fully saturated rings. The molecule has 1 amide bonds. The third kappa shape index (κ3) is 2.34. The quantitative estimate of drug-likeness (QED) is 0.609. The molecule has 4 heteroatoms. The van der Waals surface area contributed by atoms with E-state index >= 15 is 0 Å². The lowest BCUT2D eigenvalue weighted by molar-refractivity contribution is 0.0816. The van der Waals surface area contributed by atoms with Gasteiger partial charge in [-0.25, -0.2) is 4.79 Å². The van der Waals surface area contributed by atoms with Crippen molar-refractivity contribution >= 4 is 6.09 Å². The molecule has 76 valence electrons. The number of likely N-dealkylation sites (tertiary alicyclic amines) is 1. The summed E-state index contributed by atoms with van der Waals surface area (Å²) in [5.41, 5.74) is 0. The van der Waals surface area contributed by atoms with Gasteiger partial charge in [-0.1, -0.05) is 13.8 Å². The number of piperidine rings is 1. The smallest absolute Gasteiger partial charge is 0.407 e. The predicted molar refractivity (Wildman–Crippen MR) is 50.7 cm³/mol. The number of ether oxygens (including phenoxy) is 1. The van der Waals surface area contributed by atoms with Crippen LogP contribution in [0, 0.1) is 0 Å². The van der Waals surface area contributed by atoms with E-state index in [0.717, 1.165) is 19.5 Å². The number of carbonyl (C=O) groups is 1. The van der Waals surface area contributed by atoms with Crippen molar-refractivity contribution < 1.29 is 9.53 Å². The largest absolute Gasteiger partial charge is 0.443 e. The monoisotopic (exact) mass is 186 g/mol. The van der Waals surface area contributed by atoms with E-state index in [1.807, 2.05) is 20.9 Å². The minimum atomic E-state index is -0.254. The first-order chi connectivity index (χ1) is 6.25. The summed E-state index contributed by atoms with van der Waals surface area (Å²) in [4.78, 5) is 12.9. The lowest BCUT2D eigenvalue weighted by Gasteiger charge is -2.29. The number of nitrogens with one attached hydrogen (secondary N) is 1. The molecule has 0 aromatic heterocycles. The molecule has 2 atom stereocenters. The highest BCUT2D eigenvalue weighted by Crippen LogP contribution is 2.17. The number of hydrogen-bond acceptors (Lipinski definition) is 3. The molecule has 0 spiro atoms. The predicted octanol–water partition coefficient (Wildman–Crippen LogP) is 0.825. The Kier molecular flexibility index (Phi) is 3.54. The topological polar surface area (TPSA) is 41.6 Å². The van der Waals surface area contributed by atoms with Crippen LogP contribution in [-0.4, -0.2) is 43.3 Å². The zero-order chi connectivity index (χ0) is 9.84. The molecule has 0 radical (unpaired) electrons. The zero-order valence-corrected chi connectivity index (χ0v) is 8.54. The van der Waals surface area contributed by atoms with Crippen molar-refractivity contribution in [3.05, 3.63) is 0 Å². The van der Waals surface area contributed by atoms with Crippen LogP contribution in [0.25, 0.3) is 0 Å². The summed E-state index contributed by atoms with van der Waals surface area (Å²) >= 11 is 0. The van der Waals surface area contributed by atoms with Gasteiger partial charge in [-0.05, 0) is 13.5 Å². The second kappa shape index (κ2) is 4.46. The van der Waals surface area contributed by atoms with E-state index in [4.69, 9.17) is 4.74 Å². The number of fused-ring (bicyclic) bond motifs is 1. The number of carbonyl (C=O) groups excluding carboxylic acids is 1. The summed E-state index contributed by atoms with van der Waals surface area (Å²) in [7, 11) is 2.04. The van der Waals surface area contributed by atoms with Crippen LogP contribution in [-0.2, 0) is 4.74 Å². The van der Waals surface area contributed by atoms with Gasteiger partial charge in [-0.15, -0.1) is 0 Å². The fourth-order valence-electron chi connectivity index (χ4n) is 1.68. The third-order valence-electron chi connectivity index (χ3n) is 2.32. The summed E-state index contributed by atoms with van der Waals surface area (Å²) in [5, 5.41) is 2.79. The van der Waals surface area contributed by atoms with Gasteiger partial charge < -0.3 is 15.0 Å². The van der Waals surface area contributed by atoms with Crippen molar-refractivity contribution in [2.45, 2.75) is 32.4 Å². The molecular formula is C9H18N2O2.